The lowest BCUT2D eigenvalue weighted by Gasteiger charge is -2.32. The van der Waals surface area contributed by atoms with Gasteiger partial charge in [0.15, 0.2) is 5.84 Å². The van der Waals surface area contributed by atoms with Crippen LogP contribution in [0.4, 0.5) is 4.39 Å². The topological polar surface area (TPSA) is 71.1 Å². The predicted octanol–water partition coefficient (Wildman–Crippen LogP) is 1.54. The van der Waals surface area contributed by atoms with E-state index in [2.05, 4.69) is 26.0 Å². The molecule has 1 aromatic rings. The quantitative estimate of drug-likeness (QED) is 0.381. The Morgan fingerprint density at radius 2 is 2.42 bits per heavy atom. The van der Waals surface area contributed by atoms with Gasteiger partial charge in [-0.1, -0.05) is 11.2 Å². The summed E-state index contributed by atoms with van der Waals surface area (Å²) in [5.74, 6) is -0.203. The highest BCUT2D eigenvalue weighted by Gasteiger charge is 2.23. The summed E-state index contributed by atoms with van der Waals surface area (Å²) < 4.78 is 19.0. The molecule has 0 bridgehead atoms. The standard InChI is InChI=1S/C12H15BrFN3O2/c13-9-5-8(1-2-10(9)14)6-17-3-4-19-11(7-17)12(15)16-18/h1-2,5,11,18H,3-4,6-7H2,(H2,15,16). The molecule has 1 atom stereocenters. The maximum absolute atomic E-state index is 13.2. The summed E-state index contributed by atoms with van der Waals surface area (Å²) in [6, 6.07) is 4.93. The van der Waals surface area contributed by atoms with Gasteiger partial charge in [0.25, 0.3) is 0 Å². The van der Waals surface area contributed by atoms with E-state index in [-0.39, 0.29) is 11.7 Å². The number of nitrogens with zero attached hydrogens (tertiary/aromatic N) is 2. The van der Waals surface area contributed by atoms with Crippen molar-refractivity contribution in [1.29, 1.82) is 0 Å². The third kappa shape index (κ3) is 3.65. The summed E-state index contributed by atoms with van der Waals surface area (Å²) in [4.78, 5) is 2.12. The SMILES string of the molecule is NC(=NO)C1CN(Cc2ccc(F)c(Br)c2)CCO1. The minimum absolute atomic E-state index is 0.0741. The molecule has 0 aliphatic carbocycles. The van der Waals surface area contributed by atoms with E-state index < -0.39 is 6.10 Å². The van der Waals surface area contributed by atoms with E-state index in [0.717, 1.165) is 12.1 Å². The van der Waals surface area contributed by atoms with Crippen LogP contribution in [0.15, 0.2) is 27.8 Å². The Bertz CT molecular complexity index is 484. The number of rotatable bonds is 3. The first-order chi connectivity index (χ1) is 9.10. The second-order valence-corrected chi connectivity index (χ2v) is 5.22. The first kappa shape index (κ1) is 14.2. The van der Waals surface area contributed by atoms with Crippen LogP contribution in [0.25, 0.3) is 0 Å². The molecule has 1 aromatic carbocycles. The lowest BCUT2D eigenvalue weighted by atomic mass is 10.2. The molecule has 1 saturated heterocycles. The van der Waals surface area contributed by atoms with Crippen molar-refractivity contribution in [3.8, 4) is 0 Å². The summed E-state index contributed by atoms with van der Waals surface area (Å²) in [6.45, 7) is 2.48. The summed E-state index contributed by atoms with van der Waals surface area (Å²) in [5.41, 5.74) is 6.53. The van der Waals surface area contributed by atoms with Crippen LogP contribution in [-0.2, 0) is 11.3 Å². The lowest BCUT2D eigenvalue weighted by molar-refractivity contribution is 0.00140. The molecule has 0 amide bonds. The molecule has 3 N–H and O–H groups in total. The number of hydrogen-bond donors (Lipinski definition) is 2. The zero-order valence-electron chi connectivity index (χ0n) is 10.2. The zero-order valence-corrected chi connectivity index (χ0v) is 11.8. The third-order valence-electron chi connectivity index (χ3n) is 2.99. The van der Waals surface area contributed by atoms with Crippen LogP contribution in [0, 0.1) is 5.82 Å². The smallest absolute Gasteiger partial charge is 0.169 e. The molecule has 1 aliphatic rings. The lowest BCUT2D eigenvalue weighted by Crippen LogP contribution is -2.48. The Morgan fingerprint density at radius 1 is 1.63 bits per heavy atom. The molecule has 104 valence electrons. The molecule has 0 aromatic heterocycles. The van der Waals surface area contributed by atoms with Crippen molar-refractivity contribution in [2.24, 2.45) is 10.9 Å². The third-order valence-corrected chi connectivity index (χ3v) is 3.59. The van der Waals surface area contributed by atoms with Gasteiger partial charge in [-0.25, -0.2) is 4.39 Å². The monoisotopic (exact) mass is 331 g/mol. The minimum Gasteiger partial charge on any atom is -0.409 e. The number of halogens is 2. The van der Waals surface area contributed by atoms with Gasteiger partial charge in [-0.15, -0.1) is 0 Å². The van der Waals surface area contributed by atoms with E-state index in [4.69, 9.17) is 15.7 Å². The van der Waals surface area contributed by atoms with Gasteiger partial charge >= 0.3 is 0 Å². The van der Waals surface area contributed by atoms with E-state index in [1.807, 2.05) is 0 Å². The predicted molar refractivity (Wildman–Crippen MR) is 72.5 cm³/mol. The fraction of sp³-hybridized carbons (Fsp3) is 0.417. The molecule has 19 heavy (non-hydrogen) atoms. The number of nitrogens with two attached hydrogens (primary N) is 1. The number of ether oxygens (including phenoxy) is 1. The van der Waals surface area contributed by atoms with Crippen LogP contribution in [0.1, 0.15) is 5.56 Å². The van der Waals surface area contributed by atoms with Gasteiger partial charge in [0.05, 0.1) is 11.1 Å². The summed E-state index contributed by atoms with van der Waals surface area (Å²) in [5, 5.41) is 11.6. The highest BCUT2D eigenvalue weighted by molar-refractivity contribution is 9.10. The first-order valence-electron chi connectivity index (χ1n) is 5.85. The van der Waals surface area contributed by atoms with Crippen LogP contribution in [0.2, 0.25) is 0 Å². The van der Waals surface area contributed by atoms with Gasteiger partial charge < -0.3 is 15.7 Å². The van der Waals surface area contributed by atoms with Crippen molar-refractivity contribution in [3.63, 3.8) is 0 Å². The Kier molecular flexibility index (Phi) is 4.73. The van der Waals surface area contributed by atoms with Crippen LogP contribution < -0.4 is 5.73 Å². The zero-order chi connectivity index (χ0) is 13.8. The average molecular weight is 332 g/mol. The Labute approximate surface area is 119 Å². The summed E-state index contributed by atoms with van der Waals surface area (Å²) in [7, 11) is 0. The summed E-state index contributed by atoms with van der Waals surface area (Å²) >= 11 is 3.17. The highest BCUT2D eigenvalue weighted by atomic mass is 79.9. The van der Waals surface area contributed by atoms with Gasteiger partial charge in [-0.3, -0.25) is 4.90 Å². The molecule has 1 heterocycles. The number of benzene rings is 1. The molecular formula is C12H15BrFN3O2. The normalized spacial score (nSPS) is 21.6. The largest absolute Gasteiger partial charge is 0.409 e. The molecule has 1 aliphatic heterocycles. The van der Waals surface area contributed by atoms with Crippen LogP contribution in [-0.4, -0.2) is 41.7 Å². The van der Waals surface area contributed by atoms with Crippen molar-refractivity contribution in [2.75, 3.05) is 19.7 Å². The van der Waals surface area contributed by atoms with Crippen molar-refractivity contribution >= 4 is 21.8 Å². The van der Waals surface area contributed by atoms with Crippen LogP contribution in [0.5, 0.6) is 0 Å². The molecule has 0 saturated carbocycles. The van der Waals surface area contributed by atoms with Crippen molar-refractivity contribution in [2.45, 2.75) is 12.6 Å². The maximum Gasteiger partial charge on any atom is 0.169 e. The van der Waals surface area contributed by atoms with E-state index >= 15 is 0 Å². The number of oxime groups is 1. The second-order valence-electron chi connectivity index (χ2n) is 4.37. The highest BCUT2D eigenvalue weighted by Crippen LogP contribution is 2.18. The van der Waals surface area contributed by atoms with Gasteiger partial charge in [-0.2, -0.15) is 0 Å². The minimum atomic E-state index is -0.400. The van der Waals surface area contributed by atoms with E-state index in [1.165, 1.54) is 6.07 Å². The molecule has 0 radical (unpaired) electrons. The van der Waals surface area contributed by atoms with E-state index in [0.29, 0.717) is 24.2 Å². The van der Waals surface area contributed by atoms with Crippen molar-refractivity contribution in [3.05, 3.63) is 34.1 Å². The van der Waals surface area contributed by atoms with E-state index in [1.54, 1.807) is 12.1 Å². The molecule has 1 fully saturated rings. The Balaban J connectivity index is 2.00. The fourth-order valence-corrected chi connectivity index (χ4v) is 2.41. The summed E-state index contributed by atoms with van der Waals surface area (Å²) in [6.07, 6.45) is -0.400. The molecular weight excluding hydrogens is 317 g/mol. The van der Waals surface area contributed by atoms with Crippen molar-refractivity contribution < 1.29 is 14.3 Å². The molecule has 0 spiro atoms. The number of morpholine rings is 1. The van der Waals surface area contributed by atoms with Gasteiger partial charge in [0.1, 0.15) is 11.9 Å². The van der Waals surface area contributed by atoms with Gasteiger partial charge in [0, 0.05) is 19.6 Å². The van der Waals surface area contributed by atoms with E-state index in [9.17, 15) is 4.39 Å². The average Bonchev–Trinajstić information content (AvgIpc) is 2.42. The first-order valence-corrected chi connectivity index (χ1v) is 6.64. The molecule has 2 rings (SSSR count). The van der Waals surface area contributed by atoms with Gasteiger partial charge in [0.2, 0.25) is 0 Å². The molecule has 1 unspecified atom stereocenters. The van der Waals surface area contributed by atoms with Crippen LogP contribution in [0.3, 0.4) is 0 Å². The number of hydrogen-bond acceptors (Lipinski definition) is 4. The Morgan fingerprint density at radius 3 is 3.11 bits per heavy atom. The molecule has 5 nitrogen and oxygen atoms in total. The second kappa shape index (κ2) is 6.31. The van der Waals surface area contributed by atoms with Crippen LogP contribution >= 0.6 is 15.9 Å². The fourth-order valence-electron chi connectivity index (χ4n) is 1.99. The maximum atomic E-state index is 13.2. The molecule has 7 heteroatoms. The number of amidine groups is 1. The van der Waals surface area contributed by atoms with Gasteiger partial charge in [-0.05, 0) is 33.6 Å². The van der Waals surface area contributed by atoms with Crippen molar-refractivity contribution in [1.82, 2.24) is 4.90 Å². The Hall–Kier alpha value is -1.18.